The van der Waals surface area contributed by atoms with E-state index in [2.05, 4.69) is 26.5 Å². The van der Waals surface area contributed by atoms with Crippen molar-refractivity contribution in [3.05, 3.63) is 100 Å². The van der Waals surface area contributed by atoms with Crippen molar-refractivity contribution >= 4 is 34.0 Å². The van der Waals surface area contributed by atoms with Gasteiger partial charge in [0.25, 0.3) is 0 Å². The number of hydrazone groups is 1. The van der Waals surface area contributed by atoms with E-state index in [-0.39, 0.29) is 12.3 Å². The molecule has 3 aromatic rings. The number of carbonyl (C=O) groups excluding carboxylic acids is 2. The largest absolute Gasteiger partial charge is 0.423 e. The minimum atomic E-state index is -0.433. The van der Waals surface area contributed by atoms with E-state index >= 15 is 0 Å². The van der Waals surface area contributed by atoms with Gasteiger partial charge in [-0.3, -0.25) is 4.79 Å². The topological polar surface area (TPSA) is 67.8 Å². The van der Waals surface area contributed by atoms with Gasteiger partial charge in [0, 0.05) is 4.47 Å². The first-order valence-electron chi connectivity index (χ1n) is 8.54. The van der Waals surface area contributed by atoms with Crippen LogP contribution in [0.25, 0.3) is 0 Å². The van der Waals surface area contributed by atoms with Gasteiger partial charge < -0.3 is 4.74 Å². The van der Waals surface area contributed by atoms with Gasteiger partial charge in [0.15, 0.2) is 0 Å². The summed E-state index contributed by atoms with van der Waals surface area (Å²) in [5.41, 5.74) is 4.56. The average Bonchev–Trinajstić information content (AvgIpc) is 2.71. The van der Waals surface area contributed by atoms with Gasteiger partial charge >= 0.3 is 5.97 Å². The summed E-state index contributed by atoms with van der Waals surface area (Å²) in [5.74, 6) is -0.248. The van der Waals surface area contributed by atoms with Gasteiger partial charge in [0.1, 0.15) is 5.75 Å². The van der Waals surface area contributed by atoms with Gasteiger partial charge in [-0.05, 0) is 47.5 Å². The van der Waals surface area contributed by atoms with Crippen molar-refractivity contribution in [1.29, 1.82) is 0 Å². The molecule has 0 unspecified atom stereocenters. The molecule has 0 heterocycles. The first-order chi connectivity index (χ1) is 13.6. The predicted molar refractivity (Wildman–Crippen MR) is 111 cm³/mol. The lowest BCUT2D eigenvalue weighted by Gasteiger charge is -2.05. The molecule has 3 aromatic carbocycles. The normalized spacial score (nSPS) is 10.6. The molecule has 0 aliphatic heterocycles. The standard InChI is InChI=1S/C22H17BrN2O3/c23-19-11-9-16(10-12-19)14-21(26)25-24-15-17-5-4-8-20(13-17)28-22(27)18-6-2-1-3-7-18/h1-13,15H,14H2,(H,25,26)/b24-15+. The third kappa shape index (κ3) is 5.89. The predicted octanol–water partition coefficient (Wildman–Crippen LogP) is 4.36. The highest BCUT2D eigenvalue weighted by Gasteiger charge is 2.07. The van der Waals surface area contributed by atoms with Crippen molar-refractivity contribution in [2.24, 2.45) is 5.10 Å². The summed E-state index contributed by atoms with van der Waals surface area (Å²) in [6, 6.07) is 23.2. The molecule has 0 saturated heterocycles. The van der Waals surface area contributed by atoms with E-state index in [4.69, 9.17) is 4.74 Å². The molecule has 0 aliphatic rings. The average molecular weight is 437 g/mol. The van der Waals surface area contributed by atoms with E-state index in [1.807, 2.05) is 30.3 Å². The number of rotatable bonds is 6. The smallest absolute Gasteiger partial charge is 0.343 e. The van der Waals surface area contributed by atoms with Crippen LogP contribution in [0.2, 0.25) is 0 Å². The summed E-state index contributed by atoms with van der Waals surface area (Å²) in [7, 11) is 0. The molecule has 5 nitrogen and oxygen atoms in total. The molecule has 0 atom stereocenters. The Morgan fingerprint density at radius 3 is 2.46 bits per heavy atom. The van der Waals surface area contributed by atoms with E-state index in [0.29, 0.717) is 16.9 Å². The van der Waals surface area contributed by atoms with E-state index in [1.165, 1.54) is 6.21 Å². The van der Waals surface area contributed by atoms with Crippen LogP contribution in [-0.4, -0.2) is 18.1 Å². The summed E-state index contributed by atoms with van der Waals surface area (Å²) in [5, 5.41) is 3.96. The summed E-state index contributed by atoms with van der Waals surface area (Å²) in [6.07, 6.45) is 1.73. The first-order valence-corrected chi connectivity index (χ1v) is 9.33. The molecule has 28 heavy (non-hydrogen) atoms. The van der Waals surface area contributed by atoms with Gasteiger partial charge in [-0.15, -0.1) is 0 Å². The van der Waals surface area contributed by atoms with E-state index in [9.17, 15) is 9.59 Å². The minimum Gasteiger partial charge on any atom is -0.423 e. The maximum absolute atomic E-state index is 12.1. The molecule has 1 amide bonds. The lowest BCUT2D eigenvalue weighted by atomic mass is 10.1. The monoisotopic (exact) mass is 436 g/mol. The summed E-state index contributed by atoms with van der Waals surface area (Å²) in [6.45, 7) is 0. The lowest BCUT2D eigenvalue weighted by molar-refractivity contribution is -0.120. The number of amides is 1. The second-order valence-corrected chi connectivity index (χ2v) is 6.84. The zero-order valence-corrected chi connectivity index (χ0v) is 16.4. The van der Waals surface area contributed by atoms with E-state index in [0.717, 1.165) is 10.0 Å². The van der Waals surface area contributed by atoms with Crippen LogP contribution >= 0.6 is 15.9 Å². The second kappa shape index (κ2) is 9.62. The molecular weight excluding hydrogens is 420 g/mol. The summed E-state index contributed by atoms with van der Waals surface area (Å²) < 4.78 is 6.33. The molecule has 1 N–H and O–H groups in total. The van der Waals surface area contributed by atoms with Crippen LogP contribution in [0.3, 0.4) is 0 Å². The van der Waals surface area contributed by atoms with Crippen LogP contribution in [0.4, 0.5) is 0 Å². The number of hydrogen-bond donors (Lipinski definition) is 1. The van der Waals surface area contributed by atoms with Crippen LogP contribution < -0.4 is 10.2 Å². The van der Waals surface area contributed by atoms with Crippen LogP contribution in [-0.2, 0) is 11.2 Å². The Morgan fingerprint density at radius 1 is 0.964 bits per heavy atom. The maximum Gasteiger partial charge on any atom is 0.343 e. The van der Waals surface area contributed by atoms with Gasteiger partial charge in [-0.2, -0.15) is 5.10 Å². The third-order valence-electron chi connectivity index (χ3n) is 3.76. The van der Waals surface area contributed by atoms with Crippen LogP contribution in [0.1, 0.15) is 21.5 Å². The Balaban J connectivity index is 1.55. The summed E-state index contributed by atoms with van der Waals surface area (Å²) in [4.78, 5) is 24.1. The molecule has 0 radical (unpaired) electrons. The van der Waals surface area contributed by atoms with Gasteiger partial charge in [-0.25, -0.2) is 10.2 Å². The Hall–Kier alpha value is -3.25. The first kappa shape index (κ1) is 19.5. The molecule has 140 valence electrons. The fourth-order valence-electron chi connectivity index (χ4n) is 2.40. The number of halogens is 1. The van der Waals surface area contributed by atoms with Crippen molar-refractivity contribution in [3.63, 3.8) is 0 Å². The van der Waals surface area contributed by atoms with Gasteiger partial charge in [0.2, 0.25) is 5.91 Å². The summed E-state index contributed by atoms with van der Waals surface area (Å²) >= 11 is 3.36. The van der Waals surface area contributed by atoms with Crippen molar-refractivity contribution in [3.8, 4) is 5.75 Å². The molecule has 0 fully saturated rings. The van der Waals surface area contributed by atoms with E-state index in [1.54, 1.807) is 48.5 Å². The third-order valence-corrected chi connectivity index (χ3v) is 4.29. The number of ether oxygens (including phenoxy) is 1. The van der Waals surface area contributed by atoms with Crippen molar-refractivity contribution in [2.45, 2.75) is 6.42 Å². The van der Waals surface area contributed by atoms with Gasteiger partial charge in [0.05, 0.1) is 18.2 Å². The van der Waals surface area contributed by atoms with E-state index < -0.39 is 5.97 Å². The van der Waals surface area contributed by atoms with Gasteiger partial charge in [-0.1, -0.05) is 58.4 Å². The number of nitrogens with zero attached hydrogens (tertiary/aromatic N) is 1. The number of esters is 1. The van der Waals surface area contributed by atoms with Crippen LogP contribution in [0.15, 0.2) is 88.4 Å². The quantitative estimate of drug-likeness (QED) is 0.270. The molecule has 6 heteroatoms. The highest BCUT2D eigenvalue weighted by Crippen LogP contribution is 2.14. The molecule has 0 aliphatic carbocycles. The Bertz CT molecular complexity index is 986. The molecule has 0 aromatic heterocycles. The molecule has 0 bridgehead atoms. The van der Waals surface area contributed by atoms with Crippen LogP contribution in [0, 0.1) is 0 Å². The second-order valence-electron chi connectivity index (χ2n) is 5.92. The number of hydrogen-bond acceptors (Lipinski definition) is 4. The SMILES string of the molecule is O=C(Cc1ccc(Br)cc1)N/N=C/c1cccc(OC(=O)c2ccccc2)c1. The zero-order valence-electron chi connectivity index (χ0n) is 14.8. The molecule has 3 rings (SSSR count). The Kier molecular flexibility index (Phi) is 6.70. The van der Waals surface area contributed by atoms with Crippen LogP contribution in [0.5, 0.6) is 5.75 Å². The minimum absolute atomic E-state index is 0.217. The fourth-order valence-corrected chi connectivity index (χ4v) is 2.67. The van der Waals surface area contributed by atoms with Crippen molar-refractivity contribution in [2.75, 3.05) is 0 Å². The number of nitrogens with one attached hydrogen (secondary N) is 1. The zero-order chi connectivity index (χ0) is 19.8. The fraction of sp³-hybridized carbons (Fsp3) is 0.0455. The molecule has 0 saturated carbocycles. The maximum atomic E-state index is 12.1. The Labute approximate surface area is 171 Å². The highest BCUT2D eigenvalue weighted by molar-refractivity contribution is 9.10. The molecular formula is C22H17BrN2O3. The van der Waals surface area contributed by atoms with Crippen molar-refractivity contribution < 1.29 is 14.3 Å². The Morgan fingerprint density at radius 2 is 1.71 bits per heavy atom. The number of benzene rings is 3. The lowest BCUT2D eigenvalue weighted by Crippen LogP contribution is -2.19. The highest BCUT2D eigenvalue weighted by atomic mass is 79.9. The van der Waals surface area contributed by atoms with Crippen molar-refractivity contribution in [1.82, 2.24) is 5.43 Å². The number of carbonyl (C=O) groups is 2. The molecule has 0 spiro atoms.